The highest BCUT2D eigenvalue weighted by molar-refractivity contribution is 5.97. The van der Waals surface area contributed by atoms with Gasteiger partial charge in [0.15, 0.2) is 5.69 Å². The lowest BCUT2D eigenvalue weighted by Crippen LogP contribution is -2.09. The van der Waals surface area contributed by atoms with Gasteiger partial charge in [-0.1, -0.05) is 31.2 Å². The van der Waals surface area contributed by atoms with E-state index in [2.05, 4.69) is 17.2 Å². The van der Waals surface area contributed by atoms with E-state index in [1.165, 1.54) is 0 Å². The van der Waals surface area contributed by atoms with E-state index in [1.54, 1.807) is 6.07 Å². The zero-order valence-electron chi connectivity index (χ0n) is 10.1. The molecule has 1 saturated carbocycles. The predicted molar refractivity (Wildman–Crippen MR) is 69.9 cm³/mol. The number of benzene rings is 1. The summed E-state index contributed by atoms with van der Waals surface area (Å²) in [7, 11) is 0. The van der Waals surface area contributed by atoms with Crippen LogP contribution in [0.4, 0.5) is 5.82 Å². The predicted octanol–water partition coefficient (Wildman–Crippen LogP) is 2.75. The van der Waals surface area contributed by atoms with E-state index in [4.69, 9.17) is 5.11 Å². The molecule has 18 heavy (non-hydrogen) atoms. The lowest BCUT2D eigenvalue weighted by molar-refractivity contribution is 0.0691. The summed E-state index contributed by atoms with van der Waals surface area (Å²) >= 11 is 0. The quantitative estimate of drug-likeness (QED) is 0.868. The summed E-state index contributed by atoms with van der Waals surface area (Å²) in [6, 6.07) is 9.74. The Kier molecular flexibility index (Phi) is 2.44. The fraction of sp³-hybridized carbons (Fsp3) is 0.286. The van der Waals surface area contributed by atoms with Crippen LogP contribution in [0.1, 0.15) is 23.8 Å². The van der Waals surface area contributed by atoms with Gasteiger partial charge < -0.3 is 10.4 Å². The number of pyridine rings is 1. The number of aromatic nitrogens is 1. The Morgan fingerprint density at radius 3 is 2.83 bits per heavy atom. The molecule has 2 unspecified atom stereocenters. The molecule has 1 aromatic heterocycles. The molecule has 0 aliphatic heterocycles. The number of anilines is 1. The van der Waals surface area contributed by atoms with Crippen molar-refractivity contribution in [3.63, 3.8) is 0 Å². The van der Waals surface area contributed by atoms with Gasteiger partial charge in [-0.25, -0.2) is 9.78 Å². The molecule has 3 rings (SSSR count). The zero-order chi connectivity index (χ0) is 12.7. The normalized spacial score (nSPS) is 21.8. The van der Waals surface area contributed by atoms with Crippen molar-refractivity contribution in [3.05, 3.63) is 36.0 Å². The average Bonchev–Trinajstić information content (AvgIpc) is 3.04. The van der Waals surface area contributed by atoms with Crippen LogP contribution in [0.5, 0.6) is 0 Å². The maximum absolute atomic E-state index is 11.1. The molecule has 2 N–H and O–H groups in total. The van der Waals surface area contributed by atoms with E-state index < -0.39 is 5.97 Å². The lowest BCUT2D eigenvalue weighted by Gasteiger charge is -2.09. The van der Waals surface area contributed by atoms with Crippen LogP contribution in [-0.2, 0) is 0 Å². The number of nitrogens with one attached hydrogen (secondary N) is 1. The first-order valence-electron chi connectivity index (χ1n) is 6.05. The first kappa shape index (κ1) is 11.0. The fourth-order valence-corrected chi connectivity index (χ4v) is 2.12. The van der Waals surface area contributed by atoms with Crippen LogP contribution in [0.2, 0.25) is 0 Å². The Balaban J connectivity index is 2.10. The monoisotopic (exact) mass is 242 g/mol. The van der Waals surface area contributed by atoms with Crippen molar-refractivity contribution in [1.29, 1.82) is 0 Å². The molecule has 0 spiro atoms. The Labute approximate surface area is 105 Å². The number of hydrogen-bond donors (Lipinski definition) is 2. The summed E-state index contributed by atoms with van der Waals surface area (Å²) < 4.78 is 0. The first-order chi connectivity index (χ1) is 8.65. The average molecular weight is 242 g/mol. The summed E-state index contributed by atoms with van der Waals surface area (Å²) in [5, 5.41) is 14.3. The van der Waals surface area contributed by atoms with Crippen molar-refractivity contribution in [3.8, 4) is 0 Å². The Morgan fingerprint density at radius 2 is 2.17 bits per heavy atom. The zero-order valence-corrected chi connectivity index (χ0v) is 10.1. The Morgan fingerprint density at radius 1 is 1.44 bits per heavy atom. The molecule has 0 bridgehead atoms. The van der Waals surface area contributed by atoms with Crippen molar-refractivity contribution < 1.29 is 9.90 Å². The highest BCUT2D eigenvalue weighted by Crippen LogP contribution is 2.34. The fourth-order valence-electron chi connectivity index (χ4n) is 2.12. The van der Waals surface area contributed by atoms with Crippen molar-refractivity contribution >= 4 is 22.6 Å². The second-order valence-corrected chi connectivity index (χ2v) is 4.85. The first-order valence-corrected chi connectivity index (χ1v) is 6.05. The summed E-state index contributed by atoms with van der Waals surface area (Å²) in [5.41, 5.74) is 0.0875. The van der Waals surface area contributed by atoms with E-state index in [-0.39, 0.29) is 5.69 Å². The van der Waals surface area contributed by atoms with Gasteiger partial charge in [0.05, 0.1) is 0 Å². The number of carboxylic acid groups (broad SMARTS) is 1. The van der Waals surface area contributed by atoms with E-state index in [9.17, 15) is 4.79 Å². The van der Waals surface area contributed by atoms with Crippen molar-refractivity contribution in [2.45, 2.75) is 19.4 Å². The number of nitrogens with zero attached hydrogens (tertiary/aromatic N) is 1. The highest BCUT2D eigenvalue weighted by Gasteiger charge is 2.33. The number of hydrogen-bond acceptors (Lipinski definition) is 3. The van der Waals surface area contributed by atoms with Gasteiger partial charge in [-0.3, -0.25) is 0 Å². The van der Waals surface area contributed by atoms with Gasteiger partial charge in [-0.2, -0.15) is 0 Å². The molecule has 1 fully saturated rings. The van der Waals surface area contributed by atoms with E-state index in [0.717, 1.165) is 17.2 Å². The minimum atomic E-state index is -0.993. The molecule has 1 aromatic carbocycles. The van der Waals surface area contributed by atoms with Gasteiger partial charge in [-0.15, -0.1) is 0 Å². The maximum Gasteiger partial charge on any atom is 0.354 e. The maximum atomic E-state index is 11.1. The molecule has 0 saturated heterocycles. The highest BCUT2D eigenvalue weighted by atomic mass is 16.4. The molecule has 92 valence electrons. The summed E-state index contributed by atoms with van der Waals surface area (Å²) in [6.45, 7) is 2.17. The minimum Gasteiger partial charge on any atom is -0.477 e. The largest absolute Gasteiger partial charge is 0.477 e. The minimum absolute atomic E-state index is 0.0875. The molecule has 2 aromatic rings. The van der Waals surface area contributed by atoms with Gasteiger partial charge in [0.2, 0.25) is 0 Å². The van der Waals surface area contributed by atoms with Crippen molar-refractivity contribution in [2.75, 3.05) is 5.32 Å². The summed E-state index contributed by atoms with van der Waals surface area (Å²) in [5.74, 6) is 0.326. The molecule has 4 heteroatoms. The molecule has 1 aliphatic carbocycles. The molecule has 1 aliphatic rings. The molecule has 0 amide bonds. The standard InChI is InChI=1S/C14H14N2O2/c1-8-6-11(8)15-13-10-5-3-2-4-9(10)7-12(16-13)14(17)18/h2-5,7-8,11H,6H2,1H3,(H,15,16)(H,17,18). The van der Waals surface area contributed by atoms with E-state index >= 15 is 0 Å². The topological polar surface area (TPSA) is 62.2 Å². The Hall–Kier alpha value is -2.10. The number of fused-ring (bicyclic) bond motifs is 1. The van der Waals surface area contributed by atoms with Gasteiger partial charge in [0, 0.05) is 11.4 Å². The number of aromatic carboxylic acids is 1. The molecule has 1 heterocycles. The van der Waals surface area contributed by atoms with Crippen LogP contribution in [-0.4, -0.2) is 22.1 Å². The van der Waals surface area contributed by atoms with Crippen LogP contribution in [0.15, 0.2) is 30.3 Å². The summed E-state index contributed by atoms with van der Waals surface area (Å²) in [4.78, 5) is 15.3. The third-order valence-electron chi connectivity index (χ3n) is 3.39. The Bertz CT molecular complexity index is 624. The molecular weight excluding hydrogens is 228 g/mol. The van der Waals surface area contributed by atoms with Gasteiger partial charge in [0.1, 0.15) is 5.82 Å². The van der Waals surface area contributed by atoms with Gasteiger partial charge in [0.25, 0.3) is 0 Å². The van der Waals surface area contributed by atoms with Crippen LogP contribution in [0.3, 0.4) is 0 Å². The van der Waals surface area contributed by atoms with Crippen LogP contribution < -0.4 is 5.32 Å². The molecular formula is C14H14N2O2. The lowest BCUT2D eigenvalue weighted by atomic mass is 10.1. The second kappa shape index (κ2) is 3.98. The summed E-state index contributed by atoms with van der Waals surface area (Å²) in [6.07, 6.45) is 1.12. The molecule has 0 radical (unpaired) electrons. The number of carboxylic acids is 1. The SMILES string of the molecule is CC1CC1Nc1nc(C(=O)O)cc2ccccc12. The van der Waals surface area contributed by atoms with Crippen LogP contribution in [0.25, 0.3) is 10.8 Å². The van der Waals surface area contributed by atoms with Gasteiger partial charge in [-0.05, 0) is 23.8 Å². The smallest absolute Gasteiger partial charge is 0.354 e. The van der Waals surface area contributed by atoms with E-state index in [0.29, 0.717) is 17.8 Å². The molecule has 4 nitrogen and oxygen atoms in total. The number of carbonyl (C=O) groups is 1. The van der Waals surface area contributed by atoms with Crippen molar-refractivity contribution in [1.82, 2.24) is 4.98 Å². The molecule has 2 atom stereocenters. The second-order valence-electron chi connectivity index (χ2n) is 4.85. The van der Waals surface area contributed by atoms with Crippen LogP contribution in [0, 0.1) is 5.92 Å². The van der Waals surface area contributed by atoms with Gasteiger partial charge >= 0.3 is 5.97 Å². The third-order valence-corrected chi connectivity index (χ3v) is 3.39. The number of rotatable bonds is 3. The van der Waals surface area contributed by atoms with E-state index in [1.807, 2.05) is 24.3 Å². The van der Waals surface area contributed by atoms with Crippen molar-refractivity contribution in [2.24, 2.45) is 5.92 Å². The van der Waals surface area contributed by atoms with Crippen LogP contribution >= 0.6 is 0 Å². The third kappa shape index (κ3) is 1.90.